The molecule has 0 unspecified atom stereocenters. The minimum Gasteiger partial charge on any atom is -0.494 e. The van der Waals surface area contributed by atoms with Gasteiger partial charge in [0.25, 0.3) is 0 Å². The van der Waals surface area contributed by atoms with Gasteiger partial charge in [0.2, 0.25) is 23.4 Å². The molecule has 0 radical (unpaired) electrons. The first-order valence-electron chi connectivity index (χ1n) is 23.2. The Labute approximate surface area is 424 Å². The fourth-order valence-electron chi connectivity index (χ4n) is 9.42. The van der Waals surface area contributed by atoms with Crippen molar-refractivity contribution in [3.05, 3.63) is 169 Å². The van der Waals surface area contributed by atoms with Gasteiger partial charge in [0.1, 0.15) is 23.1 Å². The predicted octanol–water partition coefficient (Wildman–Crippen LogP) is 12.6. The molecule has 378 valence electrons. The monoisotopic (exact) mass is 990 g/mol. The third-order valence-electron chi connectivity index (χ3n) is 12.8. The number of aromatic nitrogens is 6. The Balaban J connectivity index is 0.000000208. The lowest BCUT2D eigenvalue weighted by molar-refractivity contribution is -0.127. The van der Waals surface area contributed by atoms with Crippen LogP contribution in [0, 0.1) is 32.4 Å². The molecular weight excluding hydrogens is 931 g/mol. The van der Waals surface area contributed by atoms with E-state index in [0.29, 0.717) is 24.6 Å². The molecule has 4 aromatic heterocycles. The van der Waals surface area contributed by atoms with Crippen molar-refractivity contribution in [1.82, 2.24) is 38.5 Å². The maximum Gasteiger partial charge on any atom is 0.246 e. The van der Waals surface area contributed by atoms with Gasteiger partial charge in [-0.2, -0.15) is 8.78 Å². The number of methoxy groups -OCH3 is 2. The highest BCUT2D eigenvalue weighted by atomic mass is 19.1. The standard InChI is InChI=1S/C28H27FN4O3.C27H25FN4O3.2CH4/c1-5-24(34)32-15-7-8-21(32)28-31-26(27-18(3)30-16-17(2)33(27)28)19-11-13-20(14-12-19)36-23-10-6-9-22(35-4)25(23)29;1-4-23(33)31-15-6-7-20(31)27-30-25(26-17(2)29-14-16-32(26)27)18-10-12-19(13-11-18)35-22-9-5-8-21(34-3)24(22)28;;/h5-6,9-14,16,21H,1,7-8,15H2,2-4H3;4-5,8-14,16,20H,1,6-7,15H2,2-3H3;2*1H4/t21-;20-;;/m00../s1. The van der Waals surface area contributed by atoms with Crippen molar-refractivity contribution in [3.8, 4) is 57.0 Å². The van der Waals surface area contributed by atoms with E-state index in [1.165, 1.54) is 32.4 Å². The molecule has 6 heterocycles. The van der Waals surface area contributed by atoms with Gasteiger partial charge in [-0.3, -0.25) is 28.4 Å². The van der Waals surface area contributed by atoms with E-state index in [1.54, 1.807) is 60.8 Å². The molecule has 2 saturated heterocycles. The summed E-state index contributed by atoms with van der Waals surface area (Å²) >= 11 is 0. The number of nitrogens with zero attached hydrogens (tertiary/aromatic N) is 8. The molecular formula is C57H60F2N8O6. The van der Waals surface area contributed by atoms with E-state index >= 15 is 0 Å². The Morgan fingerprint density at radius 1 is 0.630 bits per heavy atom. The van der Waals surface area contributed by atoms with E-state index in [4.69, 9.17) is 28.9 Å². The van der Waals surface area contributed by atoms with Crippen molar-refractivity contribution in [3.63, 3.8) is 0 Å². The molecule has 14 nitrogen and oxygen atoms in total. The Morgan fingerprint density at radius 3 is 1.58 bits per heavy atom. The second-order valence-electron chi connectivity index (χ2n) is 17.1. The summed E-state index contributed by atoms with van der Waals surface area (Å²) < 4.78 is 54.7. The van der Waals surface area contributed by atoms with Crippen molar-refractivity contribution in [2.45, 2.75) is 73.4 Å². The molecule has 2 aliphatic rings. The van der Waals surface area contributed by atoms with Crippen LogP contribution in [-0.2, 0) is 9.59 Å². The minimum absolute atomic E-state index is 0. The largest absolute Gasteiger partial charge is 0.494 e. The Kier molecular flexibility index (Phi) is 16.1. The summed E-state index contributed by atoms with van der Waals surface area (Å²) in [6.07, 6.45) is 11.6. The lowest BCUT2D eigenvalue weighted by Gasteiger charge is -2.23. The van der Waals surface area contributed by atoms with Crippen molar-refractivity contribution in [1.29, 1.82) is 0 Å². The first kappa shape index (κ1) is 52.4. The van der Waals surface area contributed by atoms with Crippen LogP contribution in [0.3, 0.4) is 0 Å². The molecule has 73 heavy (non-hydrogen) atoms. The molecule has 0 bridgehead atoms. The molecule has 2 amide bonds. The number of likely N-dealkylation sites (tertiary alicyclic amines) is 2. The maximum absolute atomic E-state index is 14.5. The van der Waals surface area contributed by atoms with Gasteiger partial charge in [0.15, 0.2) is 23.0 Å². The first-order chi connectivity index (χ1) is 34.4. The highest BCUT2D eigenvalue weighted by Crippen LogP contribution is 2.40. The summed E-state index contributed by atoms with van der Waals surface area (Å²) in [4.78, 5) is 47.7. The Bertz CT molecular complexity index is 3320. The Morgan fingerprint density at radius 2 is 1.08 bits per heavy atom. The molecule has 2 fully saturated rings. The summed E-state index contributed by atoms with van der Waals surface area (Å²) in [7, 11) is 2.83. The third kappa shape index (κ3) is 10.1. The molecule has 0 aliphatic carbocycles. The molecule has 4 aromatic carbocycles. The van der Waals surface area contributed by atoms with E-state index < -0.39 is 11.6 Å². The first-order valence-corrected chi connectivity index (χ1v) is 23.2. The molecule has 0 saturated carbocycles. The zero-order valence-electron chi connectivity index (χ0n) is 40.1. The van der Waals surface area contributed by atoms with Gasteiger partial charge in [0.05, 0.1) is 60.1 Å². The number of benzene rings is 4. The number of hydrogen-bond donors (Lipinski definition) is 0. The molecule has 10 rings (SSSR count). The van der Waals surface area contributed by atoms with Gasteiger partial charge in [-0.25, -0.2) is 9.97 Å². The highest BCUT2D eigenvalue weighted by Gasteiger charge is 2.35. The van der Waals surface area contributed by atoms with Crippen molar-refractivity contribution < 1.29 is 37.3 Å². The quantitative estimate of drug-likeness (QED) is 0.109. The van der Waals surface area contributed by atoms with Crippen molar-refractivity contribution in [2.24, 2.45) is 0 Å². The van der Waals surface area contributed by atoms with Gasteiger partial charge in [-0.05, 0) is 131 Å². The van der Waals surface area contributed by atoms with Crippen LogP contribution in [0.15, 0.2) is 129 Å². The number of ether oxygens (including phenoxy) is 4. The maximum atomic E-state index is 14.5. The van der Waals surface area contributed by atoms with E-state index in [-0.39, 0.29) is 61.7 Å². The van der Waals surface area contributed by atoms with Crippen LogP contribution >= 0.6 is 0 Å². The van der Waals surface area contributed by atoms with Gasteiger partial charge < -0.3 is 28.7 Å². The lowest BCUT2D eigenvalue weighted by Crippen LogP contribution is -2.30. The van der Waals surface area contributed by atoms with Crippen LogP contribution < -0.4 is 18.9 Å². The van der Waals surface area contributed by atoms with Crippen LogP contribution in [-0.4, -0.2) is 77.7 Å². The fourth-order valence-corrected chi connectivity index (χ4v) is 9.42. The average Bonchev–Trinajstić information content (AvgIpc) is 4.23. The summed E-state index contributed by atoms with van der Waals surface area (Å²) in [5.74, 6) is 1.69. The average molecular weight is 991 g/mol. The minimum atomic E-state index is -0.555. The van der Waals surface area contributed by atoms with Crippen LogP contribution in [0.2, 0.25) is 0 Å². The topological polar surface area (TPSA) is 138 Å². The normalized spacial score (nSPS) is 14.9. The van der Waals surface area contributed by atoms with Gasteiger partial charge in [-0.15, -0.1) is 0 Å². The second-order valence-corrected chi connectivity index (χ2v) is 17.1. The lowest BCUT2D eigenvalue weighted by atomic mass is 10.1. The molecule has 2 aliphatic heterocycles. The number of hydrogen-bond acceptors (Lipinski definition) is 10. The highest BCUT2D eigenvalue weighted by molar-refractivity contribution is 5.88. The molecule has 0 N–H and O–H groups in total. The molecule has 16 heteroatoms. The number of imidazole rings is 2. The SMILES string of the molecule is C.C.C=CC(=O)N1CCC[C@H]1c1nc(-c2ccc(Oc3cccc(OC)c3F)cc2)c2c(C)ncc(C)n12.C=CC(=O)N1CCC[C@H]1c1nc(-c2ccc(Oc3cccc(OC)c3F)cc2)c2c(C)nccn12. The van der Waals surface area contributed by atoms with Crippen molar-refractivity contribution in [2.75, 3.05) is 27.3 Å². The van der Waals surface area contributed by atoms with E-state index in [0.717, 1.165) is 88.0 Å². The van der Waals surface area contributed by atoms with E-state index in [1.807, 2.05) is 71.6 Å². The summed E-state index contributed by atoms with van der Waals surface area (Å²) in [6.45, 7) is 14.5. The summed E-state index contributed by atoms with van der Waals surface area (Å²) in [5.41, 5.74) is 7.67. The predicted molar refractivity (Wildman–Crippen MR) is 278 cm³/mol. The number of fused-ring (bicyclic) bond motifs is 2. The number of halogens is 2. The fraction of sp³-hybridized carbons (Fsp3) is 0.263. The smallest absolute Gasteiger partial charge is 0.246 e. The van der Waals surface area contributed by atoms with Crippen LogP contribution in [0.5, 0.6) is 34.5 Å². The Hall–Kier alpha value is -8.40. The van der Waals surface area contributed by atoms with Gasteiger partial charge >= 0.3 is 0 Å². The molecule has 8 aromatic rings. The van der Waals surface area contributed by atoms with Gasteiger partial charge in [0, 0.05) is 48.5 Å². The van der Waals surface area contributed by atoms with Crippen molar-refractivity contribution >= 4 is 22.8 Å². The van der Waals surface area contributed by atoms with E-state index in [2.05, 4.69) is 27.5 Å². The van der Waals surface area contributed by atoms with Crippen LogP contribution in [0.4, 0.5) is 8.78 Å². The zero-order chi connectivity index (χ0) is 49.9. The number of amides is 2. The third-order valence-corrected chi connectivity index (χ3v) is 12.8. The van der Waals surface area contributed by atoms with Gasteiger partial charge in [-0.1, -0.05) is 40.1 Å². The number of rotatable bonds is 12. The number of carbonyl (C=O) groups is 2. The molecule has 2 atom stereocenters. The number of aryl methyl sites for hydroxylation is 3. The van der Waals surface area contributed by atoms with Crippen LogP contribution in [0.1, 0.15) is 81.4 Å². The summed E-state index contributed by atoms with van der Waals surface area (Å²) in [5, 5.41) is 0. The molecule has 0 spiro atoms. The zero-order valence-corrected chi connectivity index (χ0v) is 40.1. The van der Waals surface area contributed by atoms with E-state index in [9.17, 15) is 18.4 Å². The van der Waals surface area contributed by atoms with Crippen LogP contribution in [0.25, 0.3) is 33.5 Å². The number of carbonyl (C=O) groups excluding carboxylic acids is 2. The second kappa shape index (κ2) is 22.4. The summed E-state index contributed by atoms with van der Waals surface area (Å²) in [6, 6.07) is 23.9.